The molecule has 6 rings (SSSR count). The van der Waals surface area contributed by atoms with Gasteiger partial charge in [0.2, 0.25) is 0 Å². The molecule has 1 N–H and O–H groups in total. The van der Waals surface area contributed by atoms with Gasteiger partial charge in [0.1, 0.15) is 17.4 Å². The molecule has 0 unspecified atom stereocenters. The smallest absolute Gasteiger partial charge is 0.157 e. The van der Waals surface area contributed by atoms with Gasteiger partial charge >= 0.3 is 0 Å². The molecule has 4 aliphatic rings. The normalized spacial score (nSPS) is 43.5. The van der Waals surface area contributed by atoms with Gasteiger partial charge in [-0.05, 0) is 99.7 Å². The molecule has 2 aromatic rings. The lowest BCUT2D eigenvalue weighted by Crippen LogP contribution is -2.51. The molecule has 0 saturated heterocycles. The van der Waals surface area contributed by atoms with E-state index in [0.717, 1.165) is 48.0 Å². The number of aromatic nitrogens is 4. The second kappa shape index (κ2) is 7.34. The van der Waals surface area contributed by atoms with E-state index in [0.29, 0.717) is 24.2 Å². The number of aliphatic hydroxyl groups is 1. The molecule has 0 aromatic carbocycles. The molecule has 0 aliphatic heterocycles. The summed E-state index contributed by atoms with van der Waals surface area (Å²) in [6, 6.07) is 0. The van der Waals surface area contributed by atoms with Crippen LogP contribution in [-0.2, 0) is 11.3 Å². The maximum atomic E-state index is 13.5. The summed E-state index contributed by atoms with van der Waals surface area (Å²) in [7, 11) is 0. The van der Waals surface area contributed by atoms with Gasteiger partial charge in [0, 0.05) is 5.92 Å². The van der Waals surface area contributed by atoms with E-state index in [2.05, 4.69) is 22.0 Å². The average molecular weight is 437 g/mol. The van der Waals surface area contributed by atoms with Crippen LogP contribution >= 0.6 is 0 Å². The largest absolute Gasteiger partial charge is 0.390 e. The Morgan fingerprint density at radius 3 is 2.75 bits per heavy atom. The molecule has 0 spiro atoms. The van der Waals surface area contributed by atoms with Gasteiger partial charge in [-0.15, -0.1) is 0 Å². The van der Waals surface area contributed by atoms with Crippen molar-refractivity contribution >= 4 is 16.8 Å². The lowest BCUT2D eigenvalue weighted by Gasteiger charge is -2.56. The first-order chi connectivity index (χ1) is 15.3. The van der Waals surface area contributed by atoms with Crippen molar-refractivity contribution in [3.63, 3.8) is 0 Å². The van der Waals surface area contributed by atoms with Crippen LogP contribution in [0.2, 0.25) is 0 Å². The summed E-state index contributed by atoms with van der Waals surface area (Å²) in [5.41, 5.74) is 1.23. The van der Waals surface area contributed by atoms with E-state index in [1.165, 1.54) is 44.9 Å². The van der Waals surface area contributed by atoms with Crippen molar-refractivity contribution in [3.8, 4) is 0 Å². The molecule has 0 radical (unpaired) electrons. The minimum absolute atomic E-state index is 0.137. The van der Waals surface area contributed by atoms with Crippen molar-refractivity contribution in [1.82, 2.24) is 19.7 Å². The van der Waals surface area contributed by atoms with Crippen LogP contribution in [-0.4, -0.2) is 36.2 Å². The summed E-state index contributed by atoms with van der Waals surface area (Å²) < 4.78 is 1.77. The van der Waals surface area contributed by atoms with Gasteiger partial charge in [-0.1, -0.05) is 6.92 Å². The zero-order valence-corrected chi connectivity index (χ0v) is 19.4. The van der Waals surface area contributed by atoms with Gasteiger partial charge < -0.3 is 5.11 Å². The average Bonchev–Trinajstić information content (AvgIpc) is 3.32. The van der Waals surface area contributed by atoms with Gasteiger partial charge in [-0.3, -0.25) is 9.48 Å². The second-order valence-electron chi connectivity index (χ2n) is 11.9. The monoisotopic (exact) mass is 436 g/mol. The van der Waals surface area contributed by atoms with Gasteiger partial charge in [-0.2, -0.15) is 5.10 Å². The van der Waals surface area contributed by atoms with Crippen LogP contribution in [0.4, 0.5) is 0 Å². The first-order valence-electron chi connectivity index (χ1n) is 12.7. The molecule has 6 heteroatoms. The molecule has 0 bridgehead atoms. The third kappa shape index (κ3) is 3.24. The Kier molecular flexibility index (Phi) is 4.76. The van der Waals surface area contributed by atoms with E-state index in [1.54, 1.807) is 10.9 Å². The number of Topliss-reactive ketones (excluding diaryl/α,β-unsaturated/α-hetero) is 1. The molecule has 2 aromatic heterocycles. The lowest BCUT2D eigenvalue weighted by atomic mass is 9.49. The standard InChI is InChI=1S/C26H36N4O2/c1-25(32)9-7-17-16(11-25)3-4-19-18(17)8-10-26(2)20(19)5-6-21(26)24(31)14-30-13-23-22(29-30)12-27-15-28-23/h12-13,15-21,32H,3-11,14H2,1-2H3/t16-,17+,18-,19-,20+,21-,25-,26+/m1/s1. The number of rotatable bonds is 3. The zero-order chi connectivity index (χ0) is 22.1. The molecule has 172 valence electrons. The van der Waals surface area contributed by atoms with Crippen LogP contribution in [0.15, 0.2) is 18.7 Å². The highest BCUT2D eigenvalue weighted by molar-refractivity contribution is 5.82. The molecular formula is C26H36N4O2. The number of fused-ring (bicyclic) bond motifs is 6. The van der Waals surface area contributed by atoms with E-state index < -0.39 is 5.60 Å². The Morgan fingerprint density at radius 2 is 1.91 bits per heavy atom. The topological polar surface area (TPSA) is 80.9 Å². The van der Waals surface area contributed by atoms with E-state index in [4.69, 9.17) is 0 Å². The Bertz CT molecular complexity index is 999. The SMILES string of the molecule is C[C@@]1(O)CC[C@H]2[C@H](CC[C@@H]3[C@@H]2CC[C@]2(C)[C@@H](C(=O)Cn4cc5ncncc5n4)CC[C@@H]32)C1. The quantitative estimate of drug-likeness (QED) is 0.771. The van der Waals surface area contributed by atoms with Gasteiger partial charge in [-0.25, -0.2) is 9.97 Å². The Labute approximate surface area is 190 Å². The summed E-state index contributed by atoms with van der Waals surface area (Å²) in [6.45, 7) is 4.80. The lowest BCUT2D eigenvalue weighted by molar-refractivity contribution is -0.133. The molecule has 2 heterocycles. The third-order valence-electron chi connectivity index (χ3n) is 10.2. The van der Waals surface area contributed by atoms with Crippen LogP contribution in [0.3, 0.4) is 0 Å². The summed E-state index contributed by atoms with van der Waals surface area (Å²) in [5.74, 6) is 4.27. The summed E-state index contributed by atoms with van der Waals surface area (Å²) in [5, 5.41) is 15.1. The summed E-state index contributed by atoms with van der Waals surface area (Å²) in [6.07, 6.45) is 15.5. The maximum Gasteiger partial charge on any atom is 0.157 e. The van der Waals surface area contributed by atoms with Crippen LogP contribution in [0.25, 0.3) is 11.0 Å². The first kappa shape index (κ1) is 20.8. The summed E-state index contributed by atoms with van der Waals surface area (Å²) >= 11 is 0. The second-order valence-corrected chi connectivity index (χ2v) is 11.9. The minimum Gasteiger partial charge on any atom is -0.390 e. The Morgan fingerprint density at radius 1 is 1.06 bits per heavy atom. The Hall–Kier alpha value is -1.82. The van der Waals surface area contributed by atoms with Gasteiger partial charge in [0.05, 0.1) is 24.5 Å². The fourth-order valence-electron chi connectivity index (χ4n) is 8.78. The molecule has 8 atom stereocenters. The van der Waals surface area contributed by atoms with Crippen molar-refractivity contribution < 1.29 is 9.90 Å². The molecule has 32 heavy (non-hydrogen) atoms. The van der Waals surface area contributed by atoms with Crippen molar-refractivity contribution in [2.75, 3.05) is 0 Å². The first-order valence-corrected chi connectivity index (χ1v) is 12.7. The van der Waals surface area contributed by atoms with Crippen molar-refractivity contribution in [2.45, 2.75) is 83.8 Å². The predicted octanol–water partition coefficient (Wildman–Crippen LogP) is 4.42. The number of hydrogen-bond acceptors (Lipinski definition) is 5. The van der Waals surface area contributed by atoms with Crippen molar-refractivity contribution in [2.24, 2.45) is 40.9 Å². The van der Waals surface area contributed by atoms with Crippen molar-refractivity contribution in [3.05, 3.63) is 18.7 Å². The minimum atomic E-state index is -0.453. The fraction of sp³-hybridized carbons (Fsp3) is 0.769. The summed E-state index contributed by atoms with van der Waals surface area (Å²) in [4.78, 5) is 21.8. The Balaban J connectivity index is 1.18. The third-order valence-corrected chi connectivity index (χ3v) is 10.2. The zero-order valence-electron chi connectivity index (χ0n) is 19.4. The van der Waals surface area contributed by atoms with Crippen LogP contribution < -0.4 is 0 Å². The number of carbonyl (C=O) groups excluding carboxylic acids is 1. The number of nitrogens with zero attached hydrogens (tertiary/aromatic N) is 4. The van der Waals surface area contributed by atoms with E-state index in [1.807, 2.05) is 13.1 Å². The molecule has 0 amide bonds. The predicted molar refractivity (Wildman–Crippen MR) is 122 cm³/mol. The molecular weight excluding hydrogens is 400 g/mol. The highest BCUT2D eigenvalue weighted by Crippen LogP contribution is 2.64. The van der Waals surface area contributed by atoms with Crippen LogP contribution in [0, 0.1) is 40.9 Å². The number of ketones is 1. The van der Waals surface area contributed by atoms with Gasteiger partial charge in [0.15, 0.2) is 5.78 Å². The molecule has 6 nitrogen and oxygen atoms in total. The number of hydrogen-bond donors (Lipinski definition) is 1. The highest BCUT2D eigenvalue weighted by atomic mass is 16.3. The molecule has 4 saturated carbocycles. The fourth-order valence-corrected chi connectivity index (χ4v) is 8.78. The van der Waals surface area contributed by atoms with E-state index in [9.17, 15) is 9.90 Å². The van der Waals surface area contributed by atoms with Crippen LogP contribution in [0.1, 0.15) is 71.6 Å². The van der Waals surface area contributed by atoms with Crippen molar-refractivity contribution in [1.29, 1.82) is 0 Å². The molecule has 4 fully saturated rings. The van der Waals surface area contributed by atoms with E-state index in [-0.39, 0.29) is 11.3 Å². The molecule has 4 aliphatic carbocycles. The van der Waals surface area contributed by atoms with Gasteiger partial charge in [0.25, 0.3) is 0 Å². The van der Waals surface area contributed by atoms with Crippen LogP contribution in [0.5, 0.6) is 0 Å². The highest BCUT2D eigenvalue weighted by Gasteiger charge is 2.58. The maximum absolute atomic E-state index is 13.5. The van der Waals surface area contributed by atoms with E-state index >= 15 is 0 Å². The number of carbonyl (C=O) groups is 1.